The summed E-state index contributed by atoms with van der Waals surface area (Å²) in [4.78, 5) is 14.2. The molecule has 6 heterocycles. The van der Waals surface area contributed by atoms with E-state index in [0.717, 1.165) is 58.9 Å². The summed E-state index contributed by atoms with van der Waals surface area (Å²) in [7, 11) is 0. The summed E-state index contributed by atoms with van der Waals surface area (Å²) in [5.74, 6) is 2.41. The Morgan fingerprint density at radius 2 is 1.05 bits per heavy atom. The maximum absolute atomic E-state index is 5.81. The Morgan fingerprint density at radius 1 is 0.455 bits per heavy atom. The van der Waals surface area contributed by atoms with Gasteiger partial charge in [-0.15, -0.1) is 0 Å². The zero-order chi connectivity index (χ0) is 50.3. The summed E-state index contributed by atoms with van der Waals surface area (Å²) >= 11 is 0. The van der Waals surface area contributed by atoms with Crippen LogP contribution in [0.5, 0.6) is 0 Å². The van der Waals surface area contributed by atoms with Crippen LogP contribution in [0, 0.1) is 0 Å². The van der Waals surface area contributed by atoms with E-state index < -0.39 is 0 Å². The molecular weight excluding hydrogens is 939 g/mol. The number of benzene rings is 8. The number of hydrogen-bond donors (Lipinski definition) is 0. The smallest absolute Gasteiger partial charge is 0.163 e. The van der Waals surface area contributed by atoms with Crippen molar-refractivity contribution in [2.45, 2.75) is 37.3 Å². The van der Waals surface area contributed by atoms with Crippen LogP contribution in [0.1, 0.15) is 54.1 Å². The molecule has 0 saturated heterocycles. The van der Waals surface area contributed by atoms with Gasteiger partial charge in [0.05, 0.1) is 50.9 Å². The zero-order valence-corrected chi connectivity index (χ0v) is 42.1. The van der Waals surface area contributed by atoms with Crippen molar-refractivity contribution < 1.29 is 0 Å². The second kappa shape index (κ2) is 16.4. The summed E-state index contributed by atoms with van der Waals surface area (Å²) in [6.07, 6.45) is 23.9. The molecule has 0 N–H and O–H groups in total. The maximum Gasteiger partial charge on any atom is 0.163 e. The second-order valence-electron chi connectivity index (χ2n) is 21.1. The van der Waals surface area contributed by atoms with Crippen LogP contribution in [0.25, 0.3) is 111 Å². The van der Waals surface area contributed by atoms with Crippen LogP contribution < -0.4 is 4.90 Å². The molecule has 5 aromatic heterocycles. The highest BCUT2D eigenvalue weighted by atomic mass is 15.3. The van der Waals surface area contributed by atoms with Crippen LogP contribution in [-0.2, 0) is 0 Å². The first-order valence-electron chi connectivity index (χ1n) is 27.1. The number of para-hydroxylation sites is 6. The fourth-order valence-corrected chi connectivity index (χ4v) is 13.9. The number of hydrogen-bond acceptors (Lipinski definition) is 3. The van der Waals surface area contributed by atoms with Crippen molar-refractivity contribution in [1.82, 2.24) is 28.2 Å². The van der Waals surface area contributed by atoms with E-state index in [0.29, 0.717) is 5.82 Å². The molecule has 8 aromatic carbocycles. The highest BCUT2D eigenvalue weighted by Gasteiger charge is 2.45. The lowest BCUT2D eigenvalue weighted by atomic mass is 9.86. The fourth-order valence-electron chi connectivity index (χ4n) is 13.9. The van der Waals surface area contributed by atoms with Gasteiger partial charge in [0.25, 0.3) is 0 Å². The van der Waals surface area contributed by atoms with Crippen LogP contribution in [-0.4, -0.2) is 28.2 Å². The third kappa shape index (κ3) is 6.08. The summed E-state index contributed by atoms with van der Waals surface area (Å²) in [5.41, 5.74) is 16.5. The highest BCUT2D eigenvalue weighted by Crippen LogP contribution is 2.58. The molecule has 17 rings (SSSR count). The van der Waals surface area contributed by atoms with Crippen LogP contribution >= 0.6 is 0 Å². The third-order valence-corrected chi connectivity index (χ3v) is 17.0. The van der Waals surface area contributed by atoms with Crippen LogP contribution in [0.4, 0.5) is 11.5 Å². The molecule has 7 heteroatoms. The summed E-state index contributed by atoms with van der Waals surface area (Å²) in [5, 5.41) is 8.56. The zero-order valence-electron chi connectivity index (χ0n) is 42.1. The summed E-state index contributed by atoms with van der Waals surface area (Å²) in [6.45, 7) is 0. The molecule has 4 aliphatic rings. The van der Waals surface area contributed by atoms with Crippen molar-refractivity contribution in [3.8, 4) is 22.9 Å². The van der Waals surface area contributed by atoms with E-state index in [9.17, 15) is 0 Å². The number of nitrogens with zero attached hydrogens (tertiary/aromatic N) is 7. The van der Waals surface area contributed by atoms with E-state index in [1.807, 2.05) is 0 Å². The lowest BCUT2D eigenvalue weighted by Gasteiger charge is -2.34. The number of anilines is 2. The van der Waals surface area contributed by atoms with Gasteiger partial charge >= 0.3 is 0 Å². The number of aromatic nitrogens is 6. The van der Waals surface area contributed by atoms with E-state index in [1.165, 1.54) is 87.8 Å². The van der Waals surface area contributed by atoms with Crippen LogP contribution in [0.3, 0.4) is 0 Å². The summed E-state index contributed by atoms with van der Waals surface area (Å²) in [6, 6.07) is 69.1. The highest BCUT2D eigenvalue weighted by molar-refractivity contribution is 6.24. The van der Waals surface area contributed by atoms with Crippen LogP contribution in [0.2, 0.25) is 0 Å². The molecule has 0 amide bonds. The topological polar surface area (TPSA) is 48.7 Å². The first-order valence-corrected chi connectivity index (χ1v) is 27.1. The molecule has 3 unspecified atom stereocenters. The minimum atomic E-state index is -0.0928. The average Bonchev–Trinajstić information content (AvgIpc) is 4.38. The molecule has 0 spiro atoms. The Hall–Kier alpha value is -9.72. The van der Waals surface area contributed by atoms with Gasteiger partial charge in [-0.25, -0.2) is 9.97 Å². The molecule has 0 radical (unpaired) electrons. The first-order chi connectivity index (χ1) is 38.2. The average molecular weight is 988 g/mol. The van der Waals surface area contributed by atoms with Gasteiger partial charge in [0.15, 0.2) is 5.82 Å². The molecule has 364 valence electrons. The normalized spacial score (nSPS) is 17.7. The minimum absolute atomic E-state index is 0.0811. The molecule has 77 heavy (non-hydrogen) atoms. The van der Waals surface area contributed by atoms with Gasteiger partial charge in [0.2, 0.25) is 0 Å². The Morgan fingerprint density at radius 3 is 1.73 bits per heavy atom. The molecule has 0 fully saturated rings. The summed E-state index contributed by atoms with van der Waals surface area (Å²) < 4.78 is 9.96. The number of rotatable bonds is 6. The van der Waals surface area contributed by atoms with Crippen molar-refractivity contribution in [2.75, 3.05) is 4.90 Å². The van der Waals surface area contributed by atoms with Crippen molar-refractivity contribution >= 4 is 99.6 Å². The number of allylic oxidation sites excluding steroid dienone is 8. The van der Waals surface area contributed by atoms with Crippen molar-refractivity contribution in [1.29, 1.82) is 0 Å². The molecule has 1 aliphatic heterocycles. The quantitative estimate of drug-likeness (QED) is 0.167. The van der Waals surface area contributed by atoms with Gasteiger partial charge in [-0.05, 0) is 91.6 Å². The molecular formula is C70H49N7. The van der Waals surface area contributed by atoms with Gasteiger partial charge in [-0.1, -0.05) is 170 Å². The SMILES string of the molecule is C1=CCC(n2c3c(c4ccccc42)C=CC2c4ccccc4N(c4cc(-n5c6ccccc6c6ccc7c8ccccc8n(C8=CCCC=C8)c7c65)nc(-c5ccc(-n6c7ccccc7c7ccccc76)cc5)n4)C32)C=C1. The Bertz CT molecular complexity index is 4760. The van der Waals surface area contributed by atoms with E-state index >= 15 is 0 Å². The number of fused-ring (bicyclic) bond motifs is 17. The van der Waals surface area contributed by atoms with Gasteiger partial charge in [-0.2, -0.15) is 0 Å². The monoisotopic (exact) mass is 987 g/mol. The molecule has 13 aromatic rings. The maximum atomic E-state index is 5.81. The van der Waals surface area contributed by atoms with Gasteiger partial charge in [0.1, 0.15) is 11.6 Å². The van der Waals surface area contributed by atoms with Crippen LogP contribution in [0.15, 0.2) is 237 Å². The second-order valence-corrected chi connectivity index (χ2v) is 21.1. The Balaban J connectivity index is 0.955. The Labute approximate surface area is 444 Å². The van der Waals surface area contributed by atoms with Gasteiger partial charge < -0.3 is 18.6 Å². The molecule has 3 aliphatic carbocycles. The fraction of sp³-hybridized carbons (Fsp3) is 0.0857. The largest absolute Gasteiger partial charge is 0.335 e. The predicted molar refractivity (Wildman–Crippen MR) is 319 cm³/mol. The van der Waals surface area contributed by atoms with Crippen molar-refractivity contribution in [3.63, 3.8) is 0 Å². The van der Waals surface area contributed by atoms with E-state index in [-0.39, 0.29) is 18.0 Å². The Kier molecular flexibility index (Phi) is 9.07. The van der Waals surface area contributed by atoms with Gasteiger partial charge in [0, 0.05) is 83.4 Å². The molecule has 3 atom stereocenters. The van der Waals surface area contributed by atoms with Gasteiger partial charge in [-0.3, -0.25) is 4.57 Å². The lowest BCUT2D eigenvalue weighted by Crippen LogP contribution is -2.28. The molecule has 0 saturated carbocycles. The van der Waals surface area contributed by atoms with E-state index in [1.54, 1.807) is 0 Å². The third-order valence-electron chi connectivity index (χ3n) is 17.0. The van der Waals surface area contributed by atoms with Crippen molar-refractivity contribution in [3.05, 3.63) is 253 Å². The predicted octanol–water partition coefficient (Wildman–Crippen LogP) is 17.7. The molecule has 7 nitrogen and oxygen atoms in total. The van der Waals surface area contributed by atoms with Crippen molar-refractivity contribution in [2.24, 2.45) is 0 Å². The first kappa shape index (κ1) is 42.6. The minimum Gasteiger partial charge on any atom is -0.335 e. The standard InChI is InChI=1S/C70H49N7/c1-3-19-45(20-4-1)74-60-31-15-9-25-50(60)54-39-41-56-52-27-11-17-33-62(52)76(68(56)66(54)74)64-43-65(72-70(71-64)44-35-37-47(38-36-44)73-58-29-13-7-23-48(58)49-24-8-14-30-59(49)73)77-63-34-18-12-28-53(63)57-42-40-55-51-26-10-16-32-61(51)75(67(55)69(57)77)46-21-5-2-6-22-46/h1,3-5,7-19,21-43,45,56,68H,2,6,20H2. The van der Waals surface area contributed by atoms with E-state index in [4.69, 9.17) is 9.97 Å². The lowest BCUT2D eigenvalue weighted by molar-refractivity contribution is 0.543. The molecule has 0 bridgehead atoms. The van der Waals surface area contributed by atoms with E-state index in [2.05, 4.69) is 266 Å².